The SMILES string of the molecule is CSC1CCC(Nc2ccc(C(N)=S)c(Cl)c2)CC1. The average molecular weight is 315 g/mol. The summed E-state index contributed by atoms with van der Waals surface area (Å²) in [5, 5.41) is 5.01. The molecular formula is C14H19ClN2S2. The molecular weight excluding hydrogens is 296 g/mol. The molecule has 2 nitrogen and oxygen atoms in total. The smallest absolute Gasteiger partial charge is 0.105 e. The summed E-state index contributed by atoms with van der Waals surface area (Å²) in [5.74, 6) is 0. The lowest BCUT2D eigenvalue weighted by Gasteiger charge is -2.28. The molecule has 0 bridgehead atoms. The van der Waals surface area contributed by atoms with Gasteiger partial charge in [-0.2, -0.15) is 11.8 Å². The predicted octanol–water partition coefficient (Wildman–Crippen LogP) is 4.06. The van der Waals surface area contributed by atoms with Crippen molar-refractivity contribution < 1.29 is 0 Å². The zero-order chi connectivity index (χ0) is 13.8. The van der Waals surface area contributed by atoms with E-state index in [9.17, 15) is 0 Å². The molecule has 0 atom stereocenters. The van der Waals surface area contributed by atoms with Crippen molar-refractivity contribution in [1.82, 2.24) is 0 Å². The van der Waals surface area contributed by atoms with Gasteiger partial charge in [0.15, 0.2) is 0 Å². The largest absolute Gasteiger partial charge is 0.389 e. The van der Waals surface area contributed by atoms with Gasteiger partial charge in [-0.05, 0) is 50.1 Å². The van der Waals surface area contributed by atoms with Gasteiger partial charge in [0.05, 0.1) is 5.02 Å². The highest BCUT2D eigenvalue weighted by Gasteiger charge is 2.20. The summed E-state index contributed by atoms with van der Waals surface area (Å²) in [7, 11) is 0. The van der Waals surface area contributed by atoms with Crippen LogP contribution in [0.3, 0.4) is 0 Å². The maximum atomic E-state index is 6.18. The van der Waals surface area contributed by atoms with E-state index >= 15 is 0 Å². The minimum absolute atomic E-state index is 0.344. The van der Waals surface area contributed by atoms with E-state index in [-0.39, 0.29) is 0 Å². The third kappa shape index (κ3) is 4.01. The molecule has 19 heavy (non-hydrogen) atoms. The van der Waals surface area contributed by atoms with Gasteiger partial charge in [-0.1, -0.05) is 23.8 Å². The molecule has 0 aliphatic heterocycles. The molecule has 1 aromatic carbocycles. The van der Waals surface area contributed by atoms with Crippen LogP contribution in [0.25, 0.3) is 0 Å². The molecule has 0 unspecified atom stereocenters. The van der Waals surface area contributed by atoms with Gasteiger partial charge in [0, 0.05) is 22.5 Å². The van der Waals surface area contributed by atoms with Crippen LogP contribution in [0, 0.1) is 0 Å². The first-order valence-electron chi connectivity index (χ1n) is 6.49. The number of anilines is 1. The Morgan fingerprint density at radius 3 is 2.58 bits per heavy atom. The van der Waals surface area contributed by atoms with Crippen LogP contribution in [0.1, 0.15) is 31.2 Å². The minimum atomic E-state index is 0.344. The van der Waals surface area contributed by atoms with Crippen LogP contribution < -0.4 is 11.1 Å². The fourth-order valence-corrected chi connectivity index (χ4v) is 3.74. The van der Waals surface area contributed by atoms with E-state index in [4.69, 9.17) is 29.6 Å². The monoisotopic (exact) mass is 314 g/mol. The Morgan fingerprint density at radius 2 is 2.05 bits per heavy atom. The van der Waals surface area contributed by atoms with Crippen molar-refractivity contribution in [2.75, 3.05) is 11.6 Å². The Bertz CT molecular complexity index is 457. The second-order valence-corrected chi connectivity index (χ2v) is 6.90. The van der Waals surface area contributed by atoms with Crippen molar-refractivity contribution in [3.63, 3.8) is 0 Å². The summed E-state index contributed by atoms with van der Waals surface area (Å²) in [6, 6.07) is 6.35. The number of hydrogen-bond donors (Lipinski definition) is 2. The van der Waals surface area contributed by atoms with Gasteiger partial charge in [-0.15, -0.1) is 0 Å². The number of hydrogen-bond acceptors (Lipinski definition) is 3. The van der Waals surface area contributed by atoms with Crippen molar-refractivity contribution in [2.24, 2.45) is 5.73 Å². The molecule has 0 saturated heterocycles. The van der Waals surface area contributed by atoms with Crippen molar-refractivity contribution in [2.45, 2.75) is 37.0 Å². The molecule has 1 aliphatic rings. The minimum Gasteiger partial charge on any atom is -0.389 e. The number of benzene rings is 1. The molecule has 0 spiro atoms. The standard InChI is InChI=1S/C14H19ClN2S2/c1-19-11-5-2-9(3-6-11)17-10-4-7-12(14(16)18)13(15)8-10/h4,7-9,11,17H,2-3,5-6H2,1H3,(H2,16,18). The summed E-state index contributed by atoms with van der Waals surface area (Å²) in [6.07, 6.45) is 7.22. The predicted molar refractivity (Wildman–Crippen MR) is 90.5 cm³/mol. The van der Waals surface area contributed by atoms with Crippen LogP contribution in [0.4, 0.5) is 5.69 Å². The highest BCUT2D eigenvalue weighted by molar-refractivity contribution is 7.99. The molecule has 1 aliphatic carbocycles. The topological polar surface area (TPSA) is 38.0 Å². The number of thiocarbonyl (C=S) groups is 1. The average Bonchev–Trinajstić information content (AvgIpc) is 2.39. The van der Waals surface area contributed by atoms with Gasteiger partial charge in [-0.3, -0.25) is 0 Å². The normalized spacial score (nSPS) is 23.1. The number of halogens is 1. The van der Waals surface area contributed by atoms with Gasteiger partial charge in [0.2, 0.25) is 0 Å². The van der Waals surface area contributed by atoms with Crippen molar-refractivity contribution in [3.8, 4) is 0 Å². The van der Waals surface area contributed by atoms with Gasteiger partial charge < -0.3 is 11.1 Å². The highest BCUT2D eigenvalue weighted by Crippen LogP contribution is 2.29. The van der Waals surface area contributed by atoms with E-state index in [1.165, 1.54) is 25.7 Å². The van der Waals surface area contributed by atoms with Crippen LogP contribution in [-0.4, -0.2) is 22.5 Å². The highest BCUT2D eigenvalue weighted by atomic mass is 35.5. The van der Waals surface area contributed by atoms with Gasteiger partial charge in [-0.25, -0.2) is 0 Å². The van der Waals surface area contributed by atoms with Gasteiger partial charge in [0.25, 0.3) is 0 Å². The number of nitrogens with two attached hydrogens (primary N) is 1. The molecule has 0 heterocycles. The van der Waals surface area contributed by atoms with Crippen molar-refractivity contribution in [3.05, 3.63) is 28.8 Å². The quantitative estimate of drug-likeness (QED) is 0.822. The summed E-state index contributed by atoms with van der Waals surface area (Å²) >= 11 is 13.1. The molecule has 104 valence electrons. The summed E-state index contributed by atoms with van der Waals surface area (Å²) in [6.45, 7) is 0. The van der Waals surface area contributed by atoms with E-state index in [0.29, 0.717) is 16.1 Å². The molecule has 1 fully saturated rings. The number of nitrogens with one attached hydrogen (secondary N) is 1. The van der Waals surface area contributed by atoms with Crippen LogP contribution in [0.5, 0.6) is 0 Å². The Morgan fingerprint density at radius 1 is 1.37 bits per heavy atom. The molecule has 3 N–H and O–H groups in total. The molecule has 5 heteroatoms. The van der Waals surface area contributed by atoms with E-state index in [0.717, 1.165) is 16.5 Å². The second-order valence-electron chi connectivity index (χ2n) is 4.91. The number of thioether (sulfide) groups is 1. The molecule has 2 rings (SSSR count). The Balaban J connectivity index is 1.97. The van der Waals surface area contributed by atoms with Crippen LogP contribution >= 0.6 is 35.6 Å². The van der Waals surface area contributed by atoms with E-state index in [2.05, 4.69) is 11.6 Å². The maximum absolute atomic E-state index is 6.18. The third-order valence-corrected chi connectivity index (χ3v) is 5.28. The molecule has 1 saturated carbocycles. The maximum Gasteiger partial charge on any atom is 0.105 e. The first kappa shape index (κ1) is 14.9. The van der Waals surface area contributed by atoms with Crippen molar-refractivity contribution in [1.29, 1.82) is 0 Å². The second kappa shape index (κ2) is 6.82. The molecule has 0 amide bonds. The number of rotatable bonds is 4. The fourth-order valence-electron chi connectivity index (χ4n) is 2.48. The van der Waals surface area contributed by atoms with E-state index in [1.54, 1.807) is 0 Å². The van der Waals surface area contributed by atoms with Crippen LogP contribution in [0.15, 0.2) is 18.2 Å². The summed E-state index contributed by atoms with van der Waals surface area (Å²) in [4.78, 5) is 0.344. The lowest BCUT2D eigenvalue weighted by atomic mass is 9.94. The fraction of sp³-hybridized carbons (Fsp3) is 0.500. The van der Waals surface area contributed by atoms with Gasteiger partial charge >= 0.3 is 0 Å². The molecule has 1 aromatic rings. The Labute approximate surface area is 129 Å². The lowest BCUT2D eigenvalue weighted by Crippen LogP contribution is -2.27. The van der Waals surface area contributed by atoms with Crippen LogP contribution in [0.2, 0.25) is 5.02 Å². The van der Waals surface area contributed by atoms with E-state index < -0.39 is 0 Å². The summed E-state index contributed by atoms with van der Waals surface area (Å²) < 4.78 is 0. The third-order valence-electron chi connectivity index (χ3n) is 3.61. The first-order chi connectivity index (χ1) is 9.10. The zero-order valence-corrected chi connectivity index (χ0v) is 13.4. The Hall–Kier alpha value is -0.450. The zero-order valence-electron chi connectivity index (χ0n) is 11.0. The Kier molecular flexibility index (Phi) is 5.37. The molecule has 0 aromatic heterocycles. The van der Waals surface area contributed by atoms with E-state index in [1.807, 2.05) is 30.0 Å². The lowest BCUT2D eigenvalue weighted by molar-refractivity contribution is 0.473. The van der Waals surface area contributed by atoms with Gasteiger partial charge in [0.1, 0.15) is 4.99 Å². The summed E-state index contributed by atoms with van der Waals surface area (Å²) in [5.41, 5.74) is 7.40. The first-order valence-corrected chi connectivity index (χ1v) is 8.56. The van der Waals surface area contributed by atoms with Crippen LogP contribution in [-0.2, 0) is 0 Å². The van der Waals surface area contributed by atoms with Crippen molar-refractivity contribution >= 4 is 46.3 Å². The molecule has 0 radical (unpaired) electrons.